The average Bonchev–Trinajstić information content (AvgIpc) is 2.68. The quantitative estimate of drug-likeness (QED) is 0.584. The first kappa shape index (κ1) is 20.7. The summed E-state index contributed by atoms with van der Waals surface area (Å²) in [5.74, 6) is 0.920. The zero-order chi connectivity index (χ0) is 21.1. The molecule has 3 aromatic rings. The highest BCUT2D eigenvalue weighted by Gasteiger charge is 2.12. The van der Waals surface area contributed by atoms with Gasteiger partial charge in [-0.3, -0.25) is 0 Å². The Kier molecular flexibility index (Phi) is 5.85. The molecule has 0 radical (unpaired) electrons. The Morgan fingerprint density at radius 1 is 0.793 bits per heavy atom. The van der Waals surface area contributed by atoms with Crippen LogP contribution in [0.1, 0.15) is 6.92 Å². The van der Waals surface area contributed by atoms with Crippen LogP contribution in [0.15, 0.2) is 70.7 Å². The topological polar surface area (TPSA) is 118 Å². The molecular formula is C19H20N4O4S2. The number of nitrogens with zero attached hydrogens (tertiary/aromatic N) is 2. The van der Waals surface area contributed by atoms with Crippen molar-refractivity contribution in [1.29, 1.82) is 0 Å². The third-order valence-electron chi connectivity index (χ3n) is 4.05. The van der Waals surface area contributed by atoms with E-state index in [1.165, 1.54) is 18.5 Å². The van der Waals surface area contributed by atoms with E-state index in [9.17, 15) is 16.8 Å². The van der Waals surface area contributed by atoms with E-state index in [4.69, 9.17) is 0 Å². The number of aromatic nitrogens is 2. The van der Waals surface area contributed by atoms with Crippen molar-refractivity contribution in [3.05, 3.63) is 60.9 Å². The van der Waals surface area contributed by atoms with Gasteiger partial charge in [0.1, 0.15) is 18.0 Å². The first-order valence-corrected chi connectivity index (χ1v) is 12.2. The summed E-state index contributed by atoms with van der Waals surface area (Å²) >= 11 is 0. The summed E-state index contributed by atoms with van der Waals surface area (Å²) < 4.78 is 47.5. The number of benzene rings is 2. The standard InChI is InChI=1S/C19H20N4O4S2/c1-3-29(26,27)17-9-5-7-15(11-17)23-19-12-18(20-13-21-19)22-14-6-4-8-16(10-14)28(2,24)25/h4-13H,3H2,1-2H3,(H2,20,21,22,23). The van der Waals surface area contributed by atoms with Crippen molar-refractivity contribution in [3.63, 3.8) is 0 Å². The summed E-state index contributed by atoms with van der Waals surface area (Å²) in [6, 6.07) is 14.5. The van der Waals surface area contributed by atoms with Gasteiger partial charge in [-0.1, -0.05) is 19.1 Å². The van der Waals surface area contributed by atoms with Gasteiger partial charge in [0, 0.05) is 23.7 Å². The monoisotopic (exact) mass is 432 g/mol. The first-order chi connectivity index (χ1) is 13.7. The normalized spacial score (nSPS) is 11.8. The van der Waals surface area contributed by atoms with Crippen LogP contribution in [0, 0.1) is 0 Å². The Morgan fingerprint density at radius 3 is 1.83 bits per heavy atom. The van der Waals surface area contributed by atoms with Crippen molar-refractivity contribution in [1.82, 2.24) is 9.97 Å². The average molecular weight is 433 g/mol. The smallest absolute Gasteiger partial charge is 0.178 e. The second-order valence-corrected chi connectivity index (χ2v) is 10.6. The van der Waals surface area contributed by atoms with Gasteiger partial charge in [-0.2, -0.15) is 0 Å². The molecule has 2 N–H and O–H groups in total. The fourth-order valence-electron chi connectivity index (χ4n) is 2.53. The van der Waals surface area contributed by atoms with E-state index in [2.05, 4.69) is 20.6 Å². The van der Waals surface area contributed by atoms with Crippen molar-refractivity contribution >= 4 is 42.7 Å². The van der Waals surface area contributed by atoms with Crippen LogP contribution in [-0.2, 0) is 19.7 Å². The maximum Gasteiger partial charge on any atom is 0.178 e. The van der Waals surface area contributed by atoms with Crippen LogP contribution in [0.4, 0.5) is 23.0 Å². The zero-order valence-corrected chi connectivity index (χ0v) is 17.5. The predicted molar refractivity (Wildman–Crippen MR) is 112 cm³/mol. The van der Waals surface area contributed by atoms with E-state index in [-0.39, 0.29) is 15.5 Å². The van der Waals surface area contributed by atoms with E-state index in [0.717, 1.165) is 6.26 Å². The molecule has 1 aromatic heterocycles. The lowest BCUT2D eigenvalue weighted by molar-refractivity contribution is 0.596. The van der Waals surface area contributed by atoms with Gasteiger partial charge in [0.15, 0.2) is 19.7 Å². The molecule has 0 aliphatic carbocycles. The van der Waals surface area contributed by atoms with Gasteiger partial charge in [0.2, 0.25) is 0 Å². The summed E-state index contributed by atoms with van der Waals surface area (Å²) in [5.41, 5.74) is 1.14. The van der Waals surface area contributed by atoms with Crippen molar-refractivity contribution in [2.75, 3.05) is 22.6 Å². The molecular weight excluding hydrogens is 412 g/mol. The molecule has 0 bridgehead atoms. The molecule has 0 spiro atoms. The van der Waals surface area contributed by atoms with E-state index >= 15 is 0 Å². The van der Waals surface area contributed by atoms with E-state index in [1.807, 2.05) is 0 Å². The molecule has 0 fully saturated rings. The predicted octanol–water partition coefficient (Wildman–Crippen LogP) is 3.16. The lowest BCUT2D eigenvalue weighted by Crippen LogP contribution is -2.04. The number of rotatable bonds is 7. The van der Waals surface area contributed by atoms with Crippen LogP contribution in [0.3, 0.4) is 0 Å². The van der Waals surface area contributed by atoms with Crippen LogP contribution >= 0.6 is 0 Å². The lowest BCUT2D eigenvalue weighted by Gasteiger charge is -2.10. The highest BCUT2D eigenvalue weighted by Crippen LogP contribution is 2.23. The molecule has 8 nitrogen and oxygen atoms in total. The molecule has 0 unspecified atom stereocenters. The van der Waals surface area contributed by atoms with Crippen LogP contribution < -0.4 is 10.6 Å². The Balaban J connectivity index is 1.82. The van der Waals surface area contributed by atoms with E-state index in [0.29, 0.717) is 23.0 Å². The van der Waals surface area contributed by atoms with Gasteiger partial charge in [-0.15, -0.1) is 0 Å². The Bertz CT molecular complexity index is 1240. The fourth-order valence-corrected chi connectivity index (χ4v) is 4.12. The Hall–Kier alpha value is -2.98. The minimum absolute atomic E-state index is 0.0184. The van der Waals surface area contributed by atoms with E-state index in [1.54, 1.807) is 49.4 Å². The number of hydrogen-bond donors (Lipinski definition) is 2. The maximum absolute atomic E-state index is 12.1. The molecule has 0 amide bonds. The second-order valence-electron chi connectivity index (χ2n) is 6.27. The minimum Gasteiger partial charge on any atom is -0.340 e. The van der Waals surface area contributed by atoms with Gasteiger partial charge in [-0.05, 0) is 36.4 Å². The number of sulfone groups is 2. The highest BCUT2D eigenvalue weighted by molar-refractivity contribution is 7.91. The van der Waals surface area contributed by atoms with Crippen LogP contribution in [-0.4, -0.2) is 38.8 Å². The number of nitrogens with one attached hydrogen (secondary N) is 2. The SMILES string of the molecule is CCS(=O)(=O)c1cccc(Nc2cc(Nc3cccc(S(C)(=O)=O)c3)ncn2)c1. The zero-order valence-electron chi connectivity index (χ0n) is 15.8. The maximum atomic E-state index is 12.1. The Morgan fingerprint density at radius 2 is 1.31 bits per heavy atom. The molecule has 152 valence electrons. The summed E-state index contributed by atoms with van der Waals surface area (Å²) in [7, 11) is -6.63. The molecule has 0 saturated heterocycles. The summed E-state index contributed by atoms with van der Waals surface area (Å²) in [6.07, 6.45) is 2.49. The van der Waals surface area contributed by atoms with Crippen molar-refractivity contribution in [2.45, 2.75) is 16.7 Å². The molecule has 0 saturated carbocycles. The van der Waals surface area contributed by atoms with Gasteiger partial charge >= 0.3 is 0 Å². The third-order valence-corrected chi connectivity index (χ3v) is 6.89. The molecule has 0 aliphatic rings. The van der Waals surface area contributed by atoms with Crippen molar-refractivity contribution in [3.8, 4) is 0 Å². The summed E-state index contributed by atoms with van der Waals surface area (Å²) in [5, 5.41) is 6.09. The second kappa shape index (κ2) is 8.18. The summed E-state index contributed by atoms with van der Waals surface area (Å²) in [6.45, 7) is 1.59. The number of anilines is 4. The van der Waals surface area contributed by atoms with Crippen LogP contribution in [0.2, 0.25) is 0 Å². The Labute approximate surface area is 169 Å². The molecule has 10 heteroatoms. The molecule has 3 rings (SSSR count). The molecule has 0 atom stereocenters. The number of hydrogen-bond acceptors (Lipinski definition) is 8. The largest absolute Gasteiger partial charge is 0.340 e. The third kappa shape index (κ3) is 5.30. The lowest BCUT2D eigenvalue weighted by atomic mass is 10.3. The van der Waals surface area contributed by atoms with Gasteiger partial charge < -0.3 is 10.6 Å². The van der Waals surface area contributed by atoms with Gasteiger partial charge in [0.05, 0.1) is 15.5 Å². The van der Waals surface area contributed by atoms with Crippen molar-refractivity contribution < 1.29 is 16.8 Å². The molecule has 29 heavy (non-hydrogen) atoms. The molecule has 2 aromatic carbocycles. The highest BCUT2D eigenvalue weighted by atomic mass is 32.2. The van der Waals surface area contributed by atoms with Crippen molar-refractivity contribution in [2.24, 2.45) is 0 Å². The fraction of sp³-hybridized carbons (Fsp3) is 0.158. The molecule has 1 heterocycles. The molecule has 0 aliphatic heterocycles. The van der Waals surface area contributed by atoms with Gasteiger partial charge in [0.25, 0.3) is 0 Å². The summed E-state index contributed by atoms with van der Waals surface area (Å²) in [4.78, 5) is 8.70. The van der Waals surface area contributed by atoms with Gasteiger partial charge in [-0.25, -0.2) is 26.8 Å². The first-order valence-electron chi connectivity index (χ1n) is 8.66. The van der Waals surface area contributed by atoms with E-state index < -0.39 is 19.7 Å². The van der Waals surface area contributed by atoms with Crippen LogP contribution in [0.25, 0.3) is 0 Å². The van der Waals surface area contributed by atoms with Crippen LogP contribution in [0.5, 0.6) is 0 Å². The minimum atomic E-state index is -3.32.